The number of nitrogens with one attached hydrogen (secondary N) is 2. The van der Waals surface area contributed by atoms with Gasteiger partial charge in [0.2, 0.25) is 0 Å². The van der Waals surface area contributed by atoms with E-state index in [9.17, 15) is 4.79 Å². The molecule has 2 N–H and O–H groups in total. The van der Waals surface area contributed by atoms with Gasteiger partial charge in [-0.3, -0.25) is 4.98 Å². The first kappa shape index (κ1) is 27.5. The Kier molecular flexibility index (Phi) is 8.19. The first-order chi connectivity index (χ1) is 17.4. The zero-order valence-electron chi connectivity index (χ0n) is 22.7. The second-order valence-corrected chi connectivity index (χ2v) is 18.0. The average Bonchev–Trinajstić information content (AvgIpc) is 3.38. The first-order valence-corrected chi connectivity index (χ1v) is 17.1. The number of rotatable bonds is 8. The molecule has 1 fully saturated rings. The summed E-state index contributed by atoms with van der Waals surface area (Å²) in [6.45, 7) is 13.7. The third-order valence-corrected chi connectivity index (χ3v) is 8.32. The van der Waals surface area contributed by atoms with E-state index >= 15 is 0 Å². The van der Waals surface area contributed by atoms with Crippen molar-refractivity contribution in [2.45, 2.75) is 96.6 Å². The minimum absolute atomic E-state index is 0.0278. The number of amides is 1. The number of hydrogen-bond acceptors (Lipinski definition) is 7. The maximum Gasteiger partial charge on any atom is 0.407 e. The van der Waals surface area contributed by atoms with Crippen molar-refractivity contribution in [2.24, 2.45) is 0 Å². The molecular weight excluding hydrogens is 506 g/mol. The second kappa shape index (κ2) is 11.0. The van der Waals surface area contributed by atoms with Crippen molar-refractivity contribution in [3.63, 3.8) is 0 Å². The summed E-state index contributed by atoms with van der Waals surface area (Å²) in [5, 5.41) is 7.61. The quantitative estimate of drug-likeness (QED) is 0.213. The molecule has 1 aliphatic carbocycles. The first-order valence-electron chi connectivity index (χ1n) is 13.0. The van der Waals surface area contributed by atoms with Crippen LogP contribution in [0.1, 0.15) is 52.5 Å². The lowest BCUT2D eigenvalue weighted by Gasteiger charge is -2.31. The number of nitrogens with zero attached hydrogens (tertiary/aromatic N) is 5. The van der Waals surface area contributed by atoms with Gasteiger partial charge in [-0.15, -0.1) is 5.10 Å². The maximum atomic E-state index is 12.3. The van der Waals surface area contributed by atoms with Gasteiger partial charge in [-0.1, -0.05) is 19.6 Å². The number of ether oxygens (including phenoxy) is 2. The molecule has 1 saturated carbocycles. The van der Waals surface area contributed by atoms with Crippen LogP contribution in [-0.2, 0) is 16.2 Å². The zero-order chi connectivity index (χ0) is 26.8. The molecule has 0 bridgehead atoms. The van der Waals surface area contributed by atoms with Gasteiger partial charge in [0.25, 0.3) is 0 Å². The van der Waals surface area contributed by atoms with E-state index in [0.29, 0.717) is 23.0 Å². The number of hydrogen-bond donors (Lipinski definition) is 2. The molecule has 1 amide bonds. The van der Waals surface area contributed by atoms with Crippen molar-refractivity contribution in [2.75, 3.05) is 6.61 Å². The molecule has 10 nitrogen and oxygen atoms in total. The fraction of sp³-hybridized carbons (Fsp3) is 0.640. The molecule has 0 radical (unpaired) electrons. The molecule has 37 heavy (non-hydrogen) atoms. The van der Waals surface area contributed by atoms with Gasteiger partial charge in [-0.25, -0.2) is 14.5 Å². The molecule has 3 aromatic rings. The van der Waals surface area contributed by atoms with Crippen LogP contribution < -0.4 is 5.32 Å². The van der Waals surface area contributed by atoms with Gasteiger partial charge in [-0.2, -0.15) is 0 Å². The Morgan fingerprint density at radius 2 is 2.05 bits per heavy atom. The number of H-pyrrole nitrogens is 1. The second-order valence-electron chi connectivity index (χ2n) is 12.0. The SMILES string of the molecule is CC(C)(C)OC(=O)N[C@H]1CCC[C@@H](n2c(=S)[nH]c3cnc(-c4ncn(COCC[Si](C)(C)C)n4)cc32)C1. The van der Waals surface area contributed by atoms with Gasteiger partial charge in [0.15, 0.2) is 10.6 Å². The van der Waals surface area contributed by atoms with Crippen molar-refractivity contribution in [3.05, 3.63) is 23.4 Å². The molecule has 0 aromatic carbocycles. The van der Waals surface area contributed by atoms with Crippen molar-refractivity contribution in [1.82, 2.24) is 34.6 Å². The number of fused-ring (bicyclic) bond motifs is 1. The number of aromatic nitrogens is 6. The Hall–Kier alpha value is -2.57. The molecule has 1 aliphatic rings. The number of carbonyl (C=O) groups excluding carboxylic acids is 1. The largest absolute Gasteiger partial charge is 0.444 e. The average molecular weight is 546 g/mol. The van der Waals surface area contributed by atoms with Gasteiger partial charge < -0.3 is 24.3 Å². The maximum absolute atomic E-state index is 12.3. The molecule has 3 aromatic heterocycles. The summed E-state index contributed by atoms with van der Waals surface area (Å²) in [4.78, 5) is 24.6. The van der Waals surface area contributed by atoms with Gasteiger partial charge >= 0.3 is 6.09 Å². The van der Waals surface area contributed by atoms with Crippen molar-refractivity contribution >= 4 is 37.4 Å². The lowest BCUT2D eigenvalue weighted by molar-refractivity contribution is 0.0486. The lowest BCUT2D eigenvalue weighted by atomic mass is 9.91. The molecule has 0 spiro atoms. The Morgan fingerprint density at radius 3 is 2.78 bits per heavy atom. The van der Waals surface area contributed by atoms with E-state index in [1.165, 1.54) is 0 Å². The van der Waals surface area contributed by atoms with Crippen molar-refractivity contribution in [1.29, 1.82) is 0 Å². The standard InChI is InChI=1S/C25H39N7O3SSi/c1-25(2,3)35-24(33)28-17-8-7-9-18(12-17)32-21-13-19(26-14-20(21)29-23(32)36)22-27-15-31(30-22)16-34-10-11-37(4,5)6/h13-15,17-18H,7-12,16H2,1-6H3,(H,28,33)(H,29,36)/t17-,18+/m0/s1. The van der Waals surface area contributed by atoms with E-state index in [0.717, 1.165) is 49.4 Å². The number of carbonyl (C=O) groups is 1. The summed E-state index contributed by atoms with van der Waals surface area (Å²) in [6.07, 6.45) is 6.74. The van der Waals surface area contributed by atoms with Crippen LogP contribution in [0, 0.1) is 4.77 Å². The van der Waals surface area contributed by atoms with Crippen LogP contribution in [-0.4, -0.2) is 61.7 Å². The van der Waals surface area contributed by atoms with E-state index in [4.69, 9.17) is 21.7 Å². The van der Waals surface area contributed by atoms with E-state index < -0.39 is 13.7 Å². The van der Waals surface area contributed by atoms with Crippen LogP contribution in [0.3, 0.4) is 0 Å². The third-order valence-electron chi connectivity index (χ3n) is 6.32. The fourth-order valence-corrected chi connectivity index (χ4v) is 5.64. The van der Waals surface area contributed by atoms with Crippen LogP contribution in [0.4, 0.5) is 4.79 Å². The molecule has 3 heterocycles. The summed E-state index contributed by atoms with van der Waals surface area (Å²) < 4.78 is 15.7. The summed E-state index contributed by atoms with van der Waals surface area (Å²) >= 11 is 5.70. The molecular formula is C25H39N7O3SSi. The smallest absolute Gasteiger partial charge is 0.407 e. The van der Waals surface area contributed by atoms with Crippen molar-refractivity contribution in [3.8, 4) is 11.5 Å². The number of imidazole rings is 1. The highest BCUT2D eigenvalue weighted by Gasteiger charge is 2.28. The highest BCUT2D eigenvalue weighted by Crippen LogP contribution is 2.32. The van der Waals surface area contributed by atoms with E-state index in [-0.39, 0.29) is 18.2 Å². The number of alkyl carbamates (subject to hydrolysis) is 1. The lowest BCUT2D eigenvalue weighted by Crippen LogP contribution is -2.41. The topological polar surface area (TPSA) is 112 Å². The van der Waals surface area contributed by atoms with Gasteiger partial charge in [0, 0.05) is 26.8 Å². The Labute approximate surface area is 224 Å². The van der Waals surface area contributed by atoms with Crippen LogP contribution >= 0.6 is 12.2 Å². The minimum atomic E-state index is -1.13. The summed E-state index contributed by atoms with van der Waals surface area (Å²) in [7, 11) is -1.13. The summed E-state index contributed by atoms with van der Waals surface area (Å²) in [6, 6.07) is 3.27. The van der Waals surface area contributed by atoms with Crippen LogP contribution in [0.5, 0.6) is 0 Å². The Balaban J connectivity index is 1.48. The third kappa shape index (κ3) is 7.48. The minimum Gasteiger partial charge on any atom is -0.444 e. The summed E-state index contributed by atoms with van der Waals surface area (Å²) in [5.41, 5.74) is 1.98. The molecule has 2 atom stereocenters. The number of aromatic amines is 1. The van der Waals surface area contributed by atoms with Gasteiger partial charge in [0.05, 0.1) is 17.2 Å². The molecule has 12 heteroatoms. The fourth-order valence-electron chi connectivity index (χ4n) is 4.52. The normalized spacial score (nSPS) is 18.8. The van der Waals surface area contributed by atoms with Crippen LogP contribution in [0.15, 0.2) is 18.6 Å². The van der Waals surface area contributed by atoms with Crippen molar-refractivity contribution < 1.29 is 14.3 Å². The van der Waals surface area contributed by atoms with E-state index in [1.54, 1.807) is 17.2 Å². The summed E-state index contributed by atoms with van der Waals surface area (Å²) in [5.74, 6) is 0.544. The Morgan fingerprint density at radius 1 is 1.27 bits per heavy atom. The number of pyridine rings is 1. The molecule has 0 unspecified atom stereocenters. The van der Waals surface area contributed by atoms with E-state index in [2.05, 4.69) is 49.6 Å². The van der Waals surface area contributed by atoms with Crippen LogP contribution in [0.25, 0.3) is 22.6 Å². The molecule has 202 valence electrons. The van der Waals surface area contributed by atoms with E-state index in [1.807, 2.05) is 26.8 Å². The highest BCUT2D eigenvalue weighted by molar-refractivity contribution is 7.71. The zero-order valence-corrected chi connectivity index (χ0v) is 24.5. The predicted octanol–water partition coefficient (Wildman–Crippen LogP) is 5.67. The van der Waals surface area contributed by atoms with Gasteiger partial charge in [-0.05, 0) is 70.8 Å². The monoisotopic (exact) mass is 545 g/mol. The predicted molar refractivity (Wildman–Crippen MR) is 149 cm³/mol. The van der Waals surface area contributed by atoms with Gasteiger partial charge in [0.1, 0.15) is 24.4 Å². The molecule has 0 aliphatic heterocycles. The Bertz CT molecular complexity index is 1290. The molecule has 4 rings (SSSR count). The molecule has 0 saturated heterocycles. The highest BCUT2D eigenvalue weighted by atomic mass is 32.1. The van der Waals surface area contributed by atoms with Crippen LogP contribution in [0.2, 0.25) is 25.7 Å².